The molecule has 0 atom stereocenters. The maximum absolute atomic E-state index is 11.4. The summed E-state index contributed by atoms with van der Waals surface area (Å²) in [5.74, 6) is 0.552. The Balaban J connectivity index is 0.00000484. The van der Waals surface area contributed by atoms with Crippen LogP contribution in [0, 0.1) is 0 Å². The first-order valence-corrected chi connectivity index (χ1v) is 17.7. The number of anilines is 1. The van der Waals surface area contributed by atoms with Crippen LogP contribution in [-0.4, -0.2) is 58.2 Å². The topological polar surface area (TPSA) is 137 Å². The Kier molecular flexibility index (Phi) is 12.4. The molecule has 0 unspecified atom stereocenters. The van der Waals surface area contributed by atoms with Crippen molar-refractivity contribution in [3.63, 3.8) is 0 Å². The van der Waals surface area contributed by atoms with Crippen LogP contribution in [-0.2, 0) is 26.8 Å². The van der Waals surface area contributed by atoms with Crippen LogP contribution in [0.3, 0.4) is 0 Å². The third-order valence-corrected chi connectivity index (χ3v) is 10.3. The molecule has 0 radical (unpaired) electrons. The van der Waals surface area contributed by atoms with E-state index >= 15 is 0 Å². The first-order chi connectivity index (χ1) is 19.4. The molecular weight excluding hydrogens is 632 g/mol. The second-order valence-electron chi connectivity index (χ2n) is 9.32. The van der Waals surface area contributed by atoms with Crippen LogP contribution >= 0.6 is 23.1 Å². The number of ether oxygens (including phenoxy) is 2. The zero-order chi connectivity index (χ0) is 29.8. The van der Waals surface area contributed by atoms with E-state index in [1.165, 1.54) is 0 Å². The normalized spacial score (nSPS) is 14.7. The number of hydrogen-bond donors (Lipinski definition) is 1. The minimum absolute atomic E-state index is 0. The third-order valence-electron chi connectivity index (χ3n) is 6.46. The number of allylic oxidation sites excluding steroid dienone is 2. The molecule has 222 valence electrons. The van der Waals surface area contributed by atoms with Gasteiger partial charge in [0, 0.05) is 35.8 Å². The molecular formula is C27H32N2NaO8S4+. The van der Waals surface area contributed by atoms with Crippen LogP contribution in [0.1, 0.15) is 31.2 Å². The van der Waals surface area contributed by atoms with Crippen LogP contribution in [0.2, 0.25) is 0 Å². The Hall–Kier alpha value is -1.62. The number of rotatable bonds is 13. The molecule has 0 saturated carbocycles. The van der Waals surface area contributed by atoms with Crippen LogP contribution < -0.4 is 48.5 Å². The predicted octanol–water partition coefficient (Wildman–Crippen LogP) is 1.67. The van der Waals surface area contributed by atoms with Crippen LogP contribution in [0.4, 0.5) is 5.69 Å². The van der Waals surface area contributed by atoms with Gasteiger partial charge in [-0.05, 0) is 48.8 Å². The summed E-state index contributed by atoms with van der Waals surface area (Å²) >= 11 is 3.12. The molecule has 42 heavy (non-hydrogen) atoms. The Bertz CT molecular complexity index is 1700. The Morgan fingerprint density at radius 1 is 1.05 bits per heavy atom. The summed E-state index contributed by atoms with van der Waals surface area (Å²) in [4.78, 5) is 3.03. The van der Waals surface area contributed by atoms with Crippen molar-refractivity contribution in [2.75, 3.05) is 37.2 Å². The molecule has 0 spiro atoms. The van der Waals surface area contributed by atoms with Gasteiger partial charge in [0.1, 0.15) is 16.2 Å². The molecule has 15 heteroatoms. The zero-order valence-corrected chi connectivity index (χ0v) is 29.2. The number of aromatic nitrogens is 1. The van der Waals surface area contributed by atoms with Crippen molar-refractivity contribution in [2.24, 2.45) is 0 Å². The molecule has 1 aromatic heterocycles. The standard InChI is InChI=1S/C27H32N2O8S4.Na/c1-4-19(15-26-28(11-5-13-40(30,31)32)22-17-20(36-2)7-9-24(22)38-26)16-27-29(12-6-14-41(33,34)35)23-18-21(37-3)8-10-25(23)39-27;/h7-10,15-18H,4-6,11-14H2,1-3H3,(H-,30,31,32,33,34,35);/q;+1. The van der Waals surface area contributed by atoms with Gasteiger partial charge in [-0.25, -0.2) is 8.42 Å². The zero-order valence-electron chi connectivity index (χ0n) is 23.9. The maximum atomic E-state index is 11.4. The molecule has 0 amide bonds. The number of hydrogen-bond acceptors (Lipinski definition) is 10. The van der Waals surface area contributed by atoms with Crippen LogP contribution in [0.25, 0.3) is 16.3 Å². The van der Waals surface area contributed by atoms with Gasteiger partial charge in [-0.1, -0.05) is 30.0 Å². The van der Waals surface area contributed by atoms with Crippen molar-refractivity contribution >= 4 is 65.3 Å². The summed E-state index contributed by atoms with van der Waals surface area (Å²) in [6, 6.07) is 11.5. The summed E-state index contributed by atoms with van der Waals surface area (Å²) in [6.45, 7) is 2.75. The van der Waals surface area contributed by atoms with E-state index < -0.39 is 26.0 Å². The number of thioether (sulfide) groups is 1. The second-order valence-corrected chi connectivity index (χ2v) is 14.5. The predicted molar refractivity (Wildman–Crippen MR) is 161 cm³/mol. The maximum Gasteiger partial charge on any atom is 1.00 e. The van der Waals surface area contributed by atoms with Gasteiger partial charge in [-0.3, -0.25) is 4.55 Å². The molecule has 3 aromatic rings. The molecule has 0 bridgehead atoms. The smallest absolute Gasteiger partial charge is 0.748 e. The average molecular weight is 664 g/mol. The fourth-order valence-electron chi connectivity index (χ4n) is 4.46. The Morgan fingerprint density at radius 3 is 2.38 bits per heavy atom. The van der Waals surface area contributed by atoms with E-state index in [2.05, 4.69) is 12.2 Å². The van der Waals surface area contributed by atoms with Crippen LogP contribution in [0.15, 0.2) is 58.0 Å². The average Bonchev–Trinajstić information content (AvgIpc) is 3.43. The fraction of sp³-hybridized carbons (Fsp3) is 0.370. The molecule has 10 nitrogen and oxygen atoms in total. The summed E-state index contributed by atoms with van der Waals surface area (Å²) in [7, 11) is -5.25. The molecule has 0 saturated heterocycles. The van der Waals surface area contributed by atoms with Gasteiger partial charge >= 0.3 is 29.6 Å². The van der Waals surface area contributed by atoms with E-state index in [0.717, 1.165) is 36.4 Å². The number of methoxy groups -OCH3 is 2. The van der Waals surface area contributed by atoms with Gasteiger partial charge < -0.3 is 18.9 Å². The molecule has 1 N–H and O–H groups in total. The number of thiazole rings is 1. The summed E-state index contributed by atoms with van der Waals surface area (Å²) in [6.07, 6.45) is 5.21. The first-order valence-electron chi connectivity index (χ1n) is 12.9. The summed E-state index contributed by atoms with van der Waals surface area (Å²) < 4.78 is 79.6. The number of fused-ring (bicyclic) bond motifs is 2. The van der Waals surface area contributed by atoms with Crippen molar-refractivity contribution < 1.29 is 69.5 Å². The number of nitrogens with zero attached hydrogens (tertiary/aromatic N) is 2. The van der Waals surface area contributed by atoms with Gasteiger partial charge in [0.05, 0.1) is 46.9 Å². The van der Waals surface area contributed by atoms with Crippen molar-refractivity contribution in [1.29, 1.82) is 0 Å². The van der Waals surface area contributed by atoms with E-state index in [1.54, 1.807) is 37.3 Å². The van der Waals surface area contributed by atoms with E-state index in [1.807, 2.05) is 52.8 Å². The Morgan fingerprint density at radius 2 is 1.74 bits per heavy atom. The quantitative estimate of drug-likeness (QED) is 0.163. The van der Waals surface area contributed by atoms with Gasteiger partial charge in [-0.2, -0.15) is 13.0 Å². The molecule has 1 aliphatic rings. The minimum atomic E-state index is -4.33. The van der Waals surface area contributed by atoms with Crippen molar-refractivity contribution in [3.8, 4) is 11.5 Å². The molecule has 0 fully saturated rings. The monoisotopic (exact) mass is 663 g/mol. The second kappa shape index (κ2) is 14.9. The number of aryl methyl sites for hydroxylation is 1. The van der Waals surface area contributed by atoms with E-state index in [9.17, 15) is 25.9 Å². The largest absolute Gasteiger partial charge is 1.00 e. The summed E-state index contributed by atoms with van der Waals surface area (Å²) in [5, 5.41) is 1.80. The van der Waals surface area contributed by atoms with Gasteiger partial charge in [0.25, 0.3) is 15.1 Å². The van der Waals surface area contributed by atoms with Crippen molar-refractivity contribution in [3.05, 3.63) is 58.1 Å². The Labute approximate surface area is 277 Å². The third kappa shape index (κ3) is 9.19. The van der Waals surface area contributed by atoms with Gasteiger partial charge in [0.15, 0.2) is 6.54 Å². The minimum Gasteiger partial charge on any atom is -0.748 e. The SMILES string of the molecule is CCC(=Cc1sc2ccc(OC)cc2[n+]1CCCS(=O)(=O)[O-])C=C1Sc2ccc(OC)cc2N1CCCS(=O)(=O)O.[Na+]. The number of benzene rings is 2. The van der Waals surface area contributed by atoms with Crippen molar-refractivity contribution in [1.82, 2.24) is 0 Å². The van der Waals surface area contributed by atoms with Gasteiger partial charge in [-0.15, -0.1) is 0 Å². The summed E-state index contributed by atoms with van der Waals surface area (Å²) in [5.41, 5.74) is 2.78. The van der Waals surface area contributed by atoms with E-state index in [4.69, 9.17) is 9.47 Å². The molecule has 0 aliphatic carbocycles. The van der Waals surface area contributed by atoms with Crippen molar-refractivity contribution in [2.45, 2.75) is 37.6 Å². The fourth-order valence-corrected chi connectivity index (χ4v) is 7.73. The van der Waals surface area contributed by atoms with Gasteiger partial charge in [0.2, 0.25) is 5.52 Å². The molecule has 2 heterocycles. The van der Waals surface area contributed by atoms with E-state index in [0.29, 0.717) is 31.0 Å². The van der Waals surface area contributed by atoms with Crippen LogP contribution in [0.5, 0.6) is 11.5 Å². The molecule has 2 aromatic carbocycles. The van der Waals surface area contributed by atoms with E-state index in [-0.39, 0.29) is 48.2 Å². The molecule has 1 aliphatic heterocycles. The molecule has 4 rings (SSSR count). The first kappa shape index (κ1) is 34.9.